The molecule has 1 aliphatic heterocycles. The number of likely N-dealkylation sites (N-methyl/N-ethyl adjacent to an activating group) is 1. The van der Waals surface area contributed by atoms with E-state index in [4.69, 9.17) is 9.47 Å². The smallest absolute Gasteiger partial charge is 0.242 e. The summed E-state index contributed by atoms with van der Waals surface area (Å²) in [6.45, 7) is 10.8. The third kappa shape index (κ3) is 5.16. The van der Waals surface area contributed by atoms with Gasteiger partial charge in [0.1, 0.15) is 5.82 Å². The van der Waals surface area contributed by atoms with Gasteiger partial charge in [0.15, 0.2) is 0 Å². The molecule has 0 spiro atoms. The molecule has 132 valence electrons. The lowest BCUT2D eigenvalue weighted by Crippen LogP contribution is -2.30. The molecule has 7 heteroatoms. The molecule has 0 radical (unpaired) electrons. The number of ether oxygens (including phenoxy) is 2. The monoisotopic (exact) mass is 325 g/mol. The maximum atomic E-state index is 5.92. The van der Waals surface area contributed by atoms with E-state index in [1.807, 2.05) is 0 Å². The number of aromatic amines is 1. The first-order valence-corrected chi connectivity index (χ1v) is 8.37. The standard InChI is InChI=1S/C16H31N5O2/c1-16(2,3)13-12(6-10-23-13)14-18-15(20-19-14)17-7-8-21(4)9-11-22-5/h12-13H,6-11H2,1-5H3,(H2,17,18,19,20)/t12-,13-/m1/s1. The van der Waals surface area contributed by atoms with Crippen molar-refractivity contribution in [2.24, 2.45) is 5.41 Å². The summed E-state index contributed by atoms with van der Waals surface area (Å²) in [5, 5.41) is 10.6. The maximum absolute atomic E-state index is 5.92. The maximum Gasteiger partial charge on any atom is 0.242 e. The van der Waals surface area contributed by atoms with Gasteiger partial charge in [-0.1, -0.05) is 20.8 Å². The van der Waals surface area contributed by atoms with Crippen molar-refractivity contribution in [1.82, 2.24) is 20.1 Å². The lowest BCUT2D eigenvalue weighted by atomic mass is 9.81. The van der Waals surface area contributed by atoms with Gasteiger partial charge >= 0.3 is 0 Å². The van der Waals surface area contributed by atoms with E-state index < -0.39 is 0 Å². The summed E-state index contributed by atoms with van der Waals surface area (Å²) >= 11 is 0. The van der Waals surface area contributed by atoms with Gasteiger partial charge in [0.05, 0.1) is 12.7 Å². The van der Waals surface area contributed by atoms with Crippen LogP contribution in [-0.4, -0.2) is 73.2 Å². The fourth-order valence-electron chi connectivity index (χ4n) is 2.96. The van der Waals surface area contributed by atoms with Gasteiger partial charge in [-0.15, -0.1) is 5.10 Å². The van der Waals surface area contributed by atoms with E-state index in [0.29, 0.717) is 11.9 Å². The number of H-pyrrole nitrogens is 1. The van der Waals surface area contributed by atoms with Gasteiger partial charge in [0.2, 0.25) is 5.95 Å². The number of hydrogen-bond acceptors (Lipinski definition) is 6. The molecule has 1 fully saturated rings. The Balaban J connectivity index is 1.83. The Morgan fingerprint density at radius 2 is 2.17 bits per heavy atom. The molecule has 7 nitrogen and oxygen atoms in total. The Morgan fingerprint density at radius 3 is 2.87 bits per heavy atom. The summed E-state index contributed by atoms with van der Waals surface area (Å²) in [4.78, 5) is 6.83. The van der Waals surface area contributed by atoms with Crippen LogP contribution in [0.15, 0.2) is 0 Å². The molecular formula is C16H31N5O2. The van der Waals surface area contributed by atoms with Gasteiger partial charge in [-0.2, -0.15) is 4.98 Å². The van der Waals surface area contributed by atoms with Crippen molar-refractivity contribution in [3.05, 3.63) is 5.82 Å². The van der Waals surface area contributed by atoms with Crippen LogP contribution in [0, 0.1) is 5.41 Å². The first-order valence-electron chi connectivity index (χ1n) is 8.37. The zero-order valence-corrected chi connectivity index (χ0v) is 15.1. The zero-order valence-electron chi connectivity index (χ0n) is 15.1. The minimum Gasteiger partial charge on any atom is -0.383 e. The molecule has 23 heavy (non-hydrogen) atoms. The quantitative estimate of drug-likeness (QED) is 0.758. The fraction of sp³-hybridized carbons (Fsp3) is 0.875. The Morgan fingerprint density at radius 1 is 1.39 bits per heavy atom. The highest BCUT2D eigenvalue weighted by Crippen LogP contribution is 2.39. The van der Waals surface area contributed by atoms with Gasteiger partial charge in [0, 0.05) is 39.3 Å². The Labute approximate surface area is 139 Å². The van der Waals surface area contributed by atoms with Crippen LogP contribution < -0.4 is 5.32 Å². The molecule has 2 rings (SSSR count). The number of methoxy groups -OCH3 is 1. The SMILES string of the molecule is COCCN(C)CCNc1n[nH]c([C@@H]2CCO[C@H]2C(C)(C)C)n1. The molecule has 0 saturated carbocycles. The van der Waals surface area contributed by atoms with Crippen molar-refractivity contribution in [2.75, 3.05) is 52.3 Å². The van der Waals surface area contributed by atoms with E-state index in [-0.39, 0.29) is 11.5 Å². The van der Waals surface area contributed by atoms with E-state index in [1.165, 1.54) is 0 Å². The van der Waals surface area contributed by atoms with Crippen molar-refractivity contribution in [1.29, 1.82) is 0 Å². The Hall–Kier alpha value is -1.18. The molecule has 0 unspecified atom stereocenters. The third-order valence-corrected chi connectivity index (χ3v) is 4.25. The first kappa shape index (κ1) is 18.2. The Bertz CT molecular complexity index is 471. The van der Waals surface area contributed by atoms with Crippen LogP contribution in [0.3, 0.4) is 0 Å². The van der Waals surface area contributed by atoms with Crippen LogP contribution in [0.2, 0.25) is 0 Å². The van der Waals surface area contributed by atoms with Gasteiger partial charge in [-0.3, -0.25) is 5.10 Å². The van der Waals surface area contributed by atoms with E-state index in [2.05, 4.69) is 53.2 Å². The molecule has 1 aliphatic rings. The average Bonchev–Trinajstić information content (AvgIpc) is 3.12. The molecular weight excluding hydrogens is 294 g/mol. The zero-order chi connectivity index (χ0) is 16.9. The van der Waals surface area contributed by atoms with Crippen LogP contribution in [0.5, 0.6) is 0 Å². The highest BCUT2D eigenvalue weighted by molar-refractivity contribution is 5.24. The van der Waals surface area contributed by atoms with Crippen LogP contribution in [0.1, 0.15) is 38.9 Å². The number of nitrogens with one attached hydrogen (secondary N) is 2. The summed E-state index contributed by atoms with van der Waals surface area (Å²) in [5.41, 5.74) is 0.103. The first-order chi connectivity index (χ1) is 10.9. The number of hydrogen-bond donors (Lipinski definition) is 2. The molecule has 1 aromatic rings. The number of nitrogens with zero attached hydrogens (tertiary/aromatic N) is 3. The van der Waals surface area contributed by atoms with E-state index in [1.54, 1.807) is 7.11 Å². The van der Waals surface area contributed by atoms with Gasteiger partial charge in [0.25, 0.3) is 0 Å². The molecule has 0 amide bonds. The highest BCUT2D eigenvalue weighted by Gasteiger charge is 2.39. The summed E-state index contributed by atoms with van der Waals surface area (Å²) < 4.78 is 11.0. The molecule has 2 N–H and O–H groups in total. The van der Waals surface area contributed by atoms with Crippen molar-refractivity contribution >= 4 is 5.95 Å². The molecule has 1 saturated heterocycles. The van der Waals surface area contributed by atoms with Crippen molar-refractivity contribution in [3.63, 3.8) is 0 Å². The summed E-state index contributed by atoms with van der Waals surface area (Å²) in [5.74, 6) is 1.89. The van der Waals surface area contributed by atoms with E-state index in [9.17, 15) is 0 Å². The molecule has 0 aliphatic carbocycles. The van der Waals surface area contributed by atoms with Gasteiger partial charge in [-0.05, 0) is 18.9 Å². The molecule has 0 bridgehead atoms. The molecule has 2 heterocycles. The molecule has 2 atom stereocenters. The topological polar surface area (TPSA) is 75.3 Å². The van der Waals surface area contributed by atoms with Crippen LogP contribution in [-0.2, 0) is 9.47 Å². The molecule has 0 aromatic carbocycles. The summed E-state index contributed by atoms with van der Waals surface area (Å²) in [7, 11) is 3.80. The summed E-state index contributed by atoms with van der Waals surface area (Å²) in [6.07, 6.45) is 1.18. The number of aromatic nitrogens is 3. The lowest BCUT2D eigenvalue weighted by molar-refractivity contribution is 0.0197. The third-order valence-electron chi connectivity index (χ3n) is 4.25. The normalized spacial score (nSPS) is 22.0. The minimum atomic E-state index is 0.103. The van der Waals surface area contributed by atoms with Crippen LogP contribution in [0.25, 0.3) is 0 Å². The second-order valence-electron chi connectivity index (χ2n) is 7.32. The number of anilines is 1. The molecule has 1 aromatic heterocycles. The van der Waals surface area contributed by atoms with Crippen molar-refractivity contribution in [3.8, 4) is 0 Å². The number of rotatable bonds is 8. The van der Waals surface area contributed by atoms with Crippen molar-refractivity contribution < 1.29 is 9.47 Å². The second kappa shape index (κ2) is 8.08. The predicted molar refractivity (Wildman–Crippen MR) is 90.8 cm³/mol. The Kier molecular flexibility index (Phi) is 6.38. The van der Waals surface area contributed by atoms with Crippen LogP contribution >= 0.6 is 0 Å². The lowest BCUT2D eigenvalue weighted by Gasteiger charge is -2.29. The second-order valence-corrected chi connectivity index (χ2v) is 7.32. The highest BCUT2D eigenvalue weighted by atomic mass is 16.5. The van der Waals surface area contributed by atoms with Crippen LogP contribution in [0.4, 0.5) is 5.95 Å². The van der Waals surface area contributed by atoms with Crippen molar-refractivity contribution in [2.45, 2.75) is 39.2 Å². The minimum absolute atomic E-state index is 0.103. The van der Waals surface area contributed by atoms with E-state index in [0.717, 1.165) is 45.1 Å². The summed E-state index contributed by atoms with van der Waals surface area (Å²) in [6, 6.07) is 0. The largest absolute Gasteiger partial charge is 0.383 e. The van der Waals surface area contributed by atoms with E-state index >= 15 is 0 Å². The predicted octanol–water partition coefficient (Wildman–Crippen LogP) is 1.71. The average molecular weight is 325 g/mol. The van der Waals surface area contributed by atoms with Gasteiger partial charge < -0.3 is 19.7 Å². The fourth-order valence-corrected chi connectivity index (χ4v) is 2.96. The van der Waals surface area contributed by atoms with Gasteiger partial charge in [-0.25, -0.2) is 0 Å².